The zero-order valence-corrected chi connectivity index (χ0v) is 16.4. The predicted octanol–water partition coefficient (Wildman–Crippen LogP) is 3.02. The standard InChI is InChI=1S/C20H24N4O3S/c25-17(21-11-10-14-4-2-1-3-5-14)9-7-16-13-28-20(23-16)24-19(27)15-6-8-18(26)22-12-15/h4,6,8,12-13H,1-3,5,7,9-11H2,(H,21,25)(H,22,26)(H,23,24,27). The Hall–Kier alpha value is -2.74. The van der Waals surface area contributed by atoms with Crippen LogP contribution in [0.15, 0.2) is 40.2 Å². The second-order valence-electron chi connectivity index (χ2n) is 6.75. The molecule has 0 aliphatic heterocycles. The van der Waals surface area contributed by atoms with Crippen LogP contribution in [0.25, 0.3) is 0 Å². The topological polar surface area (TPSA) is 104 Å². The van der Waals surface area contributed by atoms with E-state index in [-0.39, 0.29) is 17.4 Å². The quantitative estimate of drug-likeness (QED) is 0.593. The summed E-state index contributed by atoms with van der Waals surface area (Å²) >= 11 is 1.31. The first-order valence-electron chi connectivity index (χ1n) is 9.49. The molecule has 148 valence electrons. The smallest absolute Gasteiger partial charge is 0.258 e. The number of pyridine rings is 1. The summed E-state index contributed by atoms with van der Waals surface area (Å²) in [6.07, 6.45) is 10.3. The van der Waals surface area contributed by atoms with Gasteiger partial charge in [-0.25, -0.2) is 4.98 Å². The Bertz CT molecular complexity index is 896. The van der Waals surface area contributed by atoms with E-state index in [0.29, 0.717) is 30.1 Å². The van der Waals surface area contributed by atoms with Crippen molar-refractivity contribution >= 4 is 28.3 Å². The van der Waals surface area contributed by atoms with Crippen molar-refractivity contribution < 1.29 is 9.59 Å². The Morgan fingerprint density at radius 2 is 2.11 bits per heavy atom. The summed E-state index contributed by atoms with van der Waals surface area (Å²) < 4.78 is 0. The van der Waals surface area contributed by atoms with Gasteiger partial charge in [-0.15, -0.1) is 11.3 Å². The van der Waals surface area contributed by atoms with Gasteiger partial charge in [0.1, 0.15) is 0 Å². The molecule has 0 spiro atoms. The Balaban J connectivity index is 1.39. The molecule has 2 heterocycles. The summed E-state index contributed by atoms with van der Waals surface area (Å²) in [6.45, 7) is 0.683. The van der Waals surface area contributed by atoms with Crippen LogP contribution < -0.4 is 16.2 Å². The van der Waals surface area contributed by atoms with Gasteiger partial charge in [-0.1, -0.05) is 11.6 Å². The molecule has 0 aromatic carbocycles. The Morgan fingerprint density at radius 3 is 2.86 bits per heavy atom. The van der Waals surface area contributed by atoms with E-state index in [2.05, 4.69) is 26.7 Å². The summed E-state index contributed by atoms with van der Waals surface area (Å²) in [6, 6.07) is 2.75. The first-order chi connectivity index (χ1) is 13.6. The van der Waals surface area contributed by atoms with Crippen molar-refractivity contribution in [2.75, 3.05) is 11.9 Å². The summed E-state index contributed by atoms with van der Waals surface area (Å²) in [5, 5.41) is 7.96. The van der Waals surface area contributed by atoms with Crippen LogP contribution in [0.2, 0.25) is 0 Å². The summed E-state index contributed by atoms with van der Waals surface area (Å²) in [5.74, 6) is -0.324. The molecule has 3 rings (SSSR count). The van der Waals surface area contributed by atoms with Crippen LogP contribution in [-0.4, -0.2) is 28.3 Å². The largest absolute Gasteiger partial charge is 0.356 e. The van der Waals surface area contributed by atoms with Crippen molar-refractivity contribution in [2.45, 2.75) is 44.9 Å². The van der Waals surface area contributed by atoms with E-state index in [9.17, 15) is 14.4 Å². The zero-order chi connectivity index (χ0) is 19.8. The van der Waals surface area contributed by atoms with E-state index in [1.165, 1.54) is 48.1 Å². The van der Waals surface area contributed by atoms with Crippen LogP contribution >= 0.6 is 11.3 Å². The van der Waals surface area contributed by atoms with Gasteiger partial charge >= 0.3 is 0 Å². The van der Waals surface area contributed by atoms with Gasteiger partial charge in [-0.05, 0) is 44.6 Å². The molecule has 0 unspecified atom stereocenters. The van der Waals surface area contributed by atoms with Gasteiger partial charge in [0.05, 0.1) is 11.3 Å². The molecule has 2 amide bonds. The van der Waals surface area contributed by atoms with E-state index >= 15 is 0 Å². The third-order valence-corrected chi connectivity index (χ3v) is 5.39. The molecule has 0 saturated heterocycles. The number of amides is 2. The summed E-state index contributed by atoms with van der Waals surface area (Å²) in [4.78, 5) is 42.0. The SMILES string of the molecule is O=C(CCc1csc(NC(=O)c2ccc(=O)[nH]c2)n1)NCCC1=CCCCC1. The van der Waals surface area contributed by atoms with Crippen LogP contribution in [0.5, 0.6) is 0 Å². The van der Waals surface area contributed by atoms with Gasteiger partial charge in [0.25, 0.3) is 5.91 Å². The van der Waals surface area contributed by atoms with Crippen LogP contribution in [0.3, 0.4) is 0 Å². The molecule has 0 bridgehead atoms. The van der Waals surface area contributed by atoms with Gasteiger partial charge in [0, 0.05) is 30.6 Å². The maximum absolute atomic E-state index is 12.1. The molecule has 1 aliphatic carbocycles. The molecule has 28 heavy (non-hydrogen) atoms. The highest BCUT2D eigenvalue weighted by Gasteiger charge is 2.11. The number of allylic oxidation sites excluding steroid dienone is 1. The number of carbonyl (C=O) groups excluding carboxylic acids is 2. The number of carbonyl (C=O) groups is 2. The number of thiazole rings is 1. The van der Waals surface area contributed by atoms with E-state index < -0.39 is 0 Å². The Kier molecular flexibility index (Phi) is 7.13. The maximum Gasteiger partial charge on any atom is 0.258 e. The number of aromatic nitrogens is 2. The highest BCUT2D eigenvalue weighted by molar-refractivity contribution is 7.14. The summed E-state index contributed by atoms with van der Waals surface area (Å²) in [5.41, 5.74) is 2.31. The third kappa shape index (κ3) is 6.16. The first-order valence-corrected chi connectivity index (χ1v) is 10.4. The van der Waals surface area contributed by atoms with Crippen molar-refractivity contribution in [3.05, 3.63) is 57.0 Å². The minimum absolute atomic E-state index is 0.0169. The molecule has 1 aliphatic rings. The van der Waals surface area contributed by atoms with E-state index in [0.717, 1.165) is 25.0 Å². The number of nitrogens with one attached hydrogen (secondary N) is 3. The van der Waals surface area contributed by atoms with Crippen LogP contribution in [-0.2, 0) is 11.2 Å². The van der Waals surface area contributed by atoms with Gasteiger partial charge in [-0.3, -0.25) is 19.7 Å². The van der Waals surface area contributed by atoms with E-state index in [1.807, 2.05) is 5.38 Å². The average molecular weight is 401 g/mol. The lowest BCUT2D eigenvalue weighted by atomic mass is 9.97. The molecular formula is C20H24N4O3S. The maximum atomic E-state index is 12.1. The van der Waals surface area contributed by atoms with Crippen molar-refractivity contribution in [1.29, 1.82) is 0 Å². The Labute approximate surface area is 167 Å². The molecule has 0 radical (unpaired) electrons. The zero-order valence-electron chi connectivity index (χ0n) is 15.6. The minimum atomic E-state index is -0.341. The second kappa shape index (κ2) is 9.98. The van der Waals surface area contributed by atoms with Crippen LogP contribution in [0.4, 0.5) is 5.13 Å². The number of H-pyrrole nitrogens is 1. The lowest BCUT2D eigenvalue weighted by Crippen LogP contribution is -2.25. The number of hydrogen-bond donors (Lipinski definition) is 3. The van der Waals surface area contributed by atoms with Gasteiger partial charge in [-0.2, -0.15) is 0 Å². The van der Waals surface area contributed by atoms with Crippen LogP contribution in [0, 0.1) is 0 Å². The lowest BCUT2D eigenvalue weighted by molar-refractivity contribution is -0.121. The van der Waals surface area contributed by atoms with Crippen molar-refractivity contribution in [3.8, 4) is 0 Å². The van der Waals surface area contributed by atoms with Crippen molar-refractivity contribution in [3.63, 3.8) is 0 Å². The minimum Gasteiger partial charge on any atom is -0.356 e. The fourth-order valence-electron chi connectivity index (χ4n) is 3.02. The monoisotopic (exact) mass is 400 g/mol. The molecule has 8 heteroatoms. The number of rotatable bonds is 8. The Morgan fingerprint density at radius 1 is 1.21 bits per heavy atom. The number of nitrogens with zero attached hydrogens (tertiary/aromatic N) is 1. The van der Waals surface area contributed by atoms with Crippen LogP contribution in [0.1, 0.15) is 54.6 Å². The number of aryl methyl sites for hydroxylation is 1. The normalized spacial score (nSPS) is 13.6. The second-order valence-corrected chi connectivity index (χ2v) is 7.61. The van der Waals surface area contributed by atoms with Gasteiger partial charge < -0.3 is 10.3 Å². The predicted molar refractivity (Wildman–Crippen MR) is 110 cm³/mol. The molecular weight excluding hydrogens is 376 g/mol. The molecule has 0 saturated carbocycles. The highest BCUT2D eigenvalue weighted by Crippen LogP contribution is 2.19. The molecule has 0 atom stereocenters. The van der Waals surface area contributed by atoms with Crippen molar-refractivity contribution in [2.24, 2.45) is 0 Å². The molecule has 2 aromatic rings. The van der Waals surface area contributed by atoms with E-state index in [4.69, 9.17) is 0 Å². The van der Waals surface area contributed by atoms with Gasteiger partial charge in [0.15, 0.2) is 5.13 Å². The fourth-order valence-corrected chi connectivity index (χ4v) is 3.76. The molecule has 0 fully saturated rings. The third-order valence-electron chi connectivity index (χ3n) is 4.58. The number of aromatic amines is 1. The summed E-state index contributed by atoms with van der Waals surface area (Å²) in [7, 11) is 0. The van der Waals surface area contributed by atoms with E-state index in [1.54, 1.807) is 0 Å². The highest BCUT2D eigenvalue weighted by atomic mass is 32.1. The number of anilines is 1. The van der Waals surface area contributed by atoms with Gasteiger partial charge in [0.2, 0.25) is 11.5 Å². The molecule has 3 N–H and O–H groups in total. The average Bonchev–Trinajstić information content (AvgIpc) is 3.15. The molecule has 2 aromatic heterocycles. The fraction of sp³-hybridized carbons (Fsp3) is 0.400. The molecule has 7 nitrogen and oxygen atoms in total. The van der Waals surface area contributed by atoms with Crippen molar-refractivity contribution in [1.82, 2.24) is 15.3 Å². The number of hydrogen-bond acceptors (Lipinski definition) is 5. The lowest BCUT2D eigenvalue weighted by Gasteiger charge is -2.12. The first kappa shape index (κ1) is 20.0.